The zero-order chi connectivity index (χ0) is 20.4. The fourth-order valence-corrected chi connectivity index (χ4v) is 5.36. The number of anilines is 3. The summed E-state index contributed by atoms with van der Waals surface area (Å²) in [7, 11) is -1.24. The molecule has 2 aromatic carbocycles. The number of fused-ring (bicyclic) bond motifs is 2. The molecule has 0 N–H and O–H groups in total. The Labute approximate surface area is 169 Å². The van der Waals surface area contributed by atoms with Crippen LogP contribution in [0.1, 0.15) is 48.8 Å². The average Bonchev–Trinajstić information content (AvgIpc) is 2.98. The molecule has 1 aromatic heterocycles. The van der Waals surface area contributed by atoms with E-state index in [0.717, 1.165) is 32.5 Å². The van der Waals surface area contributed by atoms with Crippen LogP contribution >= 0.6 is 0 Å². The third-order valence-corrected chi connectivity index (χ3v) is 6.76. The fourth-order valence-electron chi connectivity index (χ4n) is 3.91. The lowest BCUT2D eigenvalue weighted by atomic mass is 9.84. The molecule has 0 radical (unpaired) electrons. The van der Waals surface area contributed by atoms with E-state index in [2.05, 4.69) is 63.8 Å². The van der Waals surface area contributed by atoms with E-state index < -0.39 is 10.8 Å². The molecular formula is C24H27NO2S. The molecular weight excluding hydrogens is 366 g/mol. The van der Waals surface area contributed by atoms with E-state index in [-0.39, 0.29) is 5.41 Å². The summed E-state index contributed by atoms with van der Waals surface area (Å²) in [6.45, 7) is 14.9. The van der Waals surface area contributed by atoms with Gasteiger partial charge in [-0.2, -0.15) is 0 Å². The van der Waals surface area contributed by atoms with Gasteiger partial charge in [0.2, 0.25) is 5.88 Å². The molecule has 1 aliphatic heterocycles. The number of benzene rings is 2. The first-order chi connectivity index (χ1) is 13.1. The summed E-state index contributed by atoms with van der Waals surface area (Å²) in [5, 5.41) is 0. The summed E-state index contributed by atoms with van der Waals surface area (Å²) in [6, 6.07) is 12.6. The van der Waals surface area contributed by atoms with Gasteiger partial charge in [0.05, 0.1) is 27.1 Å². The number of hydrogen-bond acceptors (Lipinski definition) is 3. The van der Waals surface area contributed by atoms with E-state index in [1.165, 1.54) is 16.7 Å². The SMILES string of the molecule is Cc1ccc2c(c1)S(=O)c1cc(C)oc1N2c1c(C)cc(C(C)(C)C)cc1C. The summed E-state index contributed by atoms with van der Waals surface area (Å²) in [6.07, 6.45) is 0. The molecule has 0 bridgehead atoms. The van der Waals surface area contributed by atoms with Crippen LogP contribution in [-0.2, 0) is 16.2 Å². The van der Waals surface area contributed by atoms with Gasteiger partial charge in [0.1, 0.15) is 10.7 Å². The van der Waals surface area contributed by atoms with Crippen LogP contribution in [0.25, 0.3) is 0 Å². The molecule has 1 aliphatic rings. The van der Waals surface area contributed by atoms with Crippen LogP contribution in [0.5, 0.6) is 0 Å². The average molecular weight is 394 g/mol. The van der Waals surface area contributed by atoms with E-state index in [1.807, 2.05) is 26.0 Å². The van der Waals surface area contributed by atoms with Crippen LogP contribution in [-0.4, -0.2) is 4.21 Å². The predicted molar refractivity (Wildman–Crippen MR) is 116 cm³/mol. The Morgan fingerprint density at radius 2 is 1.54 bits per heavy atom. The molecule has 146 valence electrons. The molecule has 0 saturated carbocycles. The first kappa shape index (κ1) is 19.0. The van der Waals surface area contributed by atoms with Crippen molar-refractivity contribution in [3.63, 3.8) is 0 Å². The predicted octanol–water partition coefficient (Wildman–Crippen LogP) is 6.76. The molecule has 28 heavy (non-hydrogen) atoms. The standard InChI is InChI=1S/C24H27NO2S/c1-14-8-9-19-20(10-14)28(26)21-13-17(4)27-23(21)25(19)22-15(2)11-18(12-16(22)3)24(5,6)7/h8-13H,1-7H3. The lowest BCUT2D eigenvalue weighted by molar-refractivity contribution is 0.535. The van der Waals surface area contributed by atoms with Gasteiger partial charge in [-0.05, 0) is 73.6 Å². The van der Waals surface area contributed by atoms with Crippen LogP contribution in [0, 0.1) is 27.7 Å². The van der Waals surface area contributed by atoms with Gasteiger partial charge in [0, 0.05) is 0 Å². The zero-order valence-electron chi connectivity index (χ0n) is 17.6. The second-order valence-corrected chi connectivity index (χ2v) is 10.2. The van der Waals surface area contributed by atoms with Crippen LogP contribution < -0.4 is 4.90 Å². The third kappa shape index (κ3) is 2.91. The first-order valence-corrected chi connectivity index (χ1v) is 10.8. The quantitative estimate of drug-likeness (QED) is 0.358. The van der Waals surface area contributed by atoms with Gasteiger partial charge in [-0.3, -0.25) is 4.90 Å². The first-order valence-electron chi connectivity index (χ1n) is 9.62. The highest BCUT2D eigenvalue weighted by atomic mass is 32.2. The van der Waals surface area contributed by atoms with Crippen LogP contribution in [0.2, 0.25) is 0 Å². The van der Waals surface area contributed by atoms with E-state index in [1.54, 1.807) is 0 Å². The molecule has 0 spiro atoms. The Morgan fingerprint density at radius 3 is 2.14 bits per heavy atom. The molecule has 1 atom stereocenters. The molecule has 0 saturated heterocycles. The summed E-state index contributed by atoms with van der Waals surface area (Å²) >= 11 is 0. The van der Waals surface area contributed by atoms with Crippen molar-refractivity contribution < 1.29 is 8.63 Å². The van der Waals surface area contributed by atoms with Crippen molar-refractivity contribution in [3.8, 4) is 0 Å². The van der Waals surface area contributed by atoms with Crippen molar-refractivity contribution in [1.82, 2.24) is 0 Å². The highest BCUT2D eigenvalue weighted by molar-refractivity contribution is 7.85. The normalized spacial score (nSPS) is 16.1. The lowest BCUT2D eigenvalue weighted by Crippen LogP contribution is -2.21. The summed E-state index contributed by atoms with van der Waals surface area (Å²) in [5.74, 6) is 1.44. The zero-order valence-corrected chi connectivity index (χ0v) is 18.5. The molecule has 3 nitrogen and oxygen atoms in total. The van der Waals surface area contributed by atoms with Crippen molar-refractivity contribution >= 4 is 28.1 Å². The Morgan fingerprint density at radius 1 is 0.893 bits per heavy atom. The van der Waals surface area contributed by atoms with E-state index >= 15 is 0 Å². The van der Waals surface area contributed by atoms with Crippen LogP contribution in [0.4, 0.5) is 17.3 Å². The summed E-state index contributed by atoms with van der Waals surface area (Å²) in [5.41, 5.74) is 6.90. The Balaban J connectivity index is 2.01. The van der Waals surface area contributed by atoms with Crippen molar-refractivity contribution in [2.75, 3.05) is 4.90 Å². The third-order valence-electron chi connectivity index (χ3n) is 5.34. The van der Waals surface area contributed by atoms with Crippen molar-refractivity contribution in [2.45, 2.75) is 63.7 Å². The highest BCUT2D eigenvalue weighted by Gasteiger charge is 2.34. The minimum absolute atomic E-state index is 0.0822. The number of rotatable bonds is 1. The number of furan rings is 1. The van der Waals surface area contributed by atoms with Gasteiger partial charge < -0.3 is 4.42 Å². The second kappa shape index (κ2) is 6.35. The summed E-state index contributed by atoms with van der Waals surface area (Å²) in [4.78, 5) is 3.73. The van der Waals surface area contributed by atoms with Gasteiger partial charge in [-0.1, -0.05) is 39.0 Å². The Kier molecular flexibility index (Phi) is 4.31. The summed E-state index contributed by atoms with van der Waals surface area (Å²) < 4.78 is 19.3. The lowest BCUT2D eigenvalue weighted by Gasteiger charge is -2.33. The maximum Gasteiger partial charge on any atom is 0.221 e. The van der Waals surface area contributed by atoms with E-state index in [9.17, 15) is 4.21 Å². The maximum atomic E-state index is 13.2. The second-order valence-electron chi connectivity index (χ2n) is 8.81. The van der Waals surface area contributed by atoms with Crippen molar-refractivity contribution in [1.29, 1.82) is 0 Å². The highest BCUT2D eigenvalue weighted by Crippen LogP contribution is 2.50. The minimum atomic E-state index is -1.24. The minimum Gasteiger partial charge on any atom is -0.444 e. The number of hydrogen-bond donors (Lipinski definition) is 0. The molecule has 4 heteroatoms. The molecule has 4 rings (SSSR count). The van der Waals surface area contributed by atoms with Crippen LogP contribution in [0.15, 0.2) is 50.6 Å². The monoisotopic (exact) mass is 393 g/mol. The fraction of sp³-hybridized carbons (Fsp3) is 0.333. The van der Waals surface area contributed by atoms with Gasteiger partial charge in [0.25, 0.3) is 0 Å². The number of nitrogens with zero attached hydrogens (tertiary/aromatic N) is 1. The van der Waals surface area contributed by atoms with Crippen molar-refractivity contribution in [3.05, 3.63) is 64.4 Å². The smallest absolute Gasteiger partial charge is 0.221 e. The van der Waals surface area contributed by atoms with Gasteiger partial charge in [-0.15, -0.1) is 0 Å². The molecule has 2 heterocycles. The van der Waals surface area contributed by atoms with Crippen molar-refractivity contribution in [2.24, 2.45) is 0 Å². The topological polar surface area (TPSA) is 33.5 Å². The van der Waals surface area contributed by atoms with E-state index in [4.69, 9.17) is 4.42 Å². The van der Waals surface area contributed by atoms with Gasteiger partial charge in [0.15, 0.2) is 0 Å². The molecule has 0 amide bonds. The Bertz CT molecular complexity index is 1100. The molecule has 0 fully saturated rings. The molecule has 3 aromatic rings. The van der Waals surface area contributed by atoms with Gasteiger partial charge in [-0.25, -0.2) is 4.21 Å². The largest absolute Gasteiger partial charge is 0.444 e. The van der Waals surface area contributed by atoms with Crippen LogP contribution in [0.3, 0.4) is 0 Å². The van der Waals surface area contributed by atoms with E-state index in [0.29, 0.717) is 5.88 Å². The van der Waals surface area contributed by atoms with Gasteiger partial charge >= 0.3 is 0 Å². The molecule has 1 unspecified atom stereocenters. The maximum absolute atomic E-state index is 13.2. The Hall–Kier alpha value is -2.33. The molecule has 0 aliphatic carbocycles. The number of aryl methyl sites for hydroxylation is 4.